The highest BCUT2D eigenvalue weighted by Crippen LogP contribution is 2.39. The topological polar surface area (TPSA) is 56.3 Å². The summed E-state index contributed by atoms with van der Waals surface area (Å²) in [6, 6.07) is 4.42. The van der Waals surface area contributed by atoms with Crippen molar-refractivity contribution in [3.05, 3.63) is 34.5 Å². The number of nitrogens with zero attached hydrogens (tertiary/aromatic N) is 1. The van der Waals surface area contributed by atoms with Crippen LogP contribution in [0.2, 0.25) is 5.02 Å². The fourth-order valence-corrected chi connectivity index (χ4v) is 3.28. The number of aryl methyl sites for hydroxylation is 1. The Labute approximate surface area is 135 Å². The lowest BCUT2D eigenvalue weighted by Crippen LogP contribution is -2.29. The summed E-state index contributed by atoms with van der Waals surface area (Å²) >= 11 is 5.88. The summed E-state index contributed by atoms with van der Waals surface area (Å²) in [4.78, 5) is 4.39. The number of rotatable bonds is 2. The van der Waals surface area contributed by atoms with Gasteiger partial charge in [-0.25, -0.2) is 0 Å². The molecule has 1 aromatic heterocycles. The van der Waals surface area contributed by atoms with E-state index < -0.39 is 15.6 Å². The van der Waals surface area contributed by atoms with Crippen LogP contribution in [0.4, 0.5) is 13.2 Å². The van der Waals surface area contributed by atoms with Crippen LogP contribution in [0.5, 0.6) is 5.75 Å². The van der Waals surface area contributed by atoms with E-state index in [4.69, 9.17) is 11.6 Å². The third-order valence-electron chi connectivity index (χ3n) is 3.65. The van der Waals surface area contributed by atoms with Gasteiger partial charge in [0.15, 0.2) is 5.75 Å². The molecule has 3 rings (SSSR count). The molecule has 9 heteroatoms. The van der Waals surface area contributed by atoms with E-state index in [2.05, 4.69) is 9.17 Å². The first-order valence-electron chi connectivity index (χ1n) is 6.81. The Bertz CT molecular complexity index is 881. The molecule has 0 saturated heterocycles. The van der Waals surface area contributed by atoms with Gasteiger partial charge in [0.1, 0.15) is 0 Å². The number of fused-ring (bicyclic) bond motifs is 2. The lowest BCUT2D eigenvalue weighted by atomic mass is 9.94. The van der Waals surface area contributed by atoms with Crippen LogP contribution in [-0.2, 0) is 23.0 Å². The highest BCUT2D eigenvalue weighted by Gasteiger charge is 2.49. The fraction of sp³-hybridized carbons (Fsp3) is 0.357. The van der Waals surface area contributed by atoms with Crippen LogP contribution in [0.1, 0.15) is 24.1 Å². The van der Waals surface area contributed by atoms with Crippen LogP contribution in [0.15, 0.2) is 18.2 Å². The van der Waals surface area contributed by atoms with Gasteiger partial charge >= 0.3 is 15.6 Å². The van der Waals surface area contributed by atoms with Gasteiger partial charge in [-0.3, -0.25) is 4.98 Å². The smallest absolute Gasteiger partial charge is 0.375 e. The quantitative estimate of drug-likeness (QED) is 0.596. The van der Waals surface area contributed by atoms with Gasteiger partial charge in [0, 0.05) is 21.7 Å². The van der Waals surface area contributed by atoms with Crippen LogP contribution in [0.25, 0.3) is 10.9 Å². The van der Waals surface area contributed by atoms with E-state index in [1.165, 1.54) is 18.2 Å². The summed E-state index contributed by atoms with van der Waals surface area (Å²) in [7, 11) is -5.76. The maximum absolute atomic E-state index is 12.7. The number of pyridine rings is 1. The zero-order chi connectivity index (χ0) is 16.8. The molecule has 0 bridgehead atoms. The van der Waals surface area contributed by atoms with Crippen molar-refractivity contribution in [1.82, 2.24) is 4.98 Å². The van der Waals surface area contributed by atoms with Crippen LogP contribution in [0, 0.1) is 0 Å². The molecule has 0 fully saturated rings. The maximum Gasteiger partial charge on any atom is 0.534 e. The van der Waals surface area contributed by atoms with Gasteiger partial charge in [0.2, 0.25) is 0 Å². The van der Waals surface area contributed by atoms with Crippen molar-refractivity contribution in [3.8, 4) is 5.75 Å². The fourth-order valence-electron chi connectivity index (χ4n) is 2.61. The van der Waals surface area contributed by atoms with Crippen molar-refractivity contribution in [2.45, 2.75) is 31.2 Å². The minimum absolute atomic E-state index is 0.158. The first kappa shape index (κ1) is 16.3. The molecule has 0 N–H and O–H groups in total. The van der Waals surface area contributed by atoms with Gasteiger partial charge in [0.05, 0.1) is 5.52 Å². The largest absolute Gasteiger partial charge is 0.534 e. The highest BCUT2D eigenvalue weighted by atomic mass is 35.5. The Morgan fingerprint density at radius 3 is 2.57 bits per heavy atom. The first-order valence-corrected chi connectivity index (χ1v) is 8.59. The second kappa shape index (κ2) is 5.52. The van der Waals surface area contributed by atoms with Gasteiger partial charge in [-0.2, -0.15) is 21.6 Å². The molecule has 0 unspecified atom stereocenters. The van der Waals surface area contributed by atoms with Crippen LogP contribution < -0.4 is 4.18 Å². The number of hydrogen-bond donors (Lipinski definition) is 0. The highest BCUT2D eigenvalue weighted by molar-refractivity contribution is 7.88. The standard InChI is InChI=1S/C14H11ClF3NO3S/c15-8-5-6-12-10(7-8)13(22-23(20,21)14(16,17)18)9-3-1-2-4-11(9)19-12/h5-7H,1-4H2. The second-order valence-corrected chi connectivity index (χ2v) is 7.19. The molecule has 0 aliphatic heterocycles. The maximum atomic E-state index is 12.7. The second-order valence-electron chi connectivity index (χ2n) is 5.22. The van der Waals surface area contributed by atoms with E-state index in [0.717, 1.165) is 12.8 Å². The number of benzene rings is 1. The lowest BCUT2D eigenvalue weighted by molar-refractivity contribution is -0.0499. The van der Waals surface area contributed by atoms with Gasteiger partial charge < -0.3 is 4.18 Å². The summed E-state index contributed by atoms with van der Waals surface area (Å²) in [5, 5.41) is 0.412. The van der Waals surface area contributed by atoms with Crippen molar-refractivity contribution in [1.29, 1.82) is 0 Å². The Morgan fingerprint density at radius 2 is 1.87 bits per heavy atom. The van der Waals surface area contributed by atoms with Crippen LogP contribution in [0.3, 0.4) is 0 Å². The third kappa shape index (κ3) is 2.97. The zero-order valence-corrected chi connectivity index (χ0v) is 13.2. The van der Waals surface area contributed by atoms with E-state index in [9.17, 15) is 21.6 Å². The van der Waals surface area contributed by atoms with E-state index in [1.807, 2.05) is 0 Å². The first-order chi connectivity index (χ1) is 10.7. The predicted molar refractivity (Wildman–Crippen MR) is 79.0 cm³/mol. The summed E-state index contributed by atoms with van der Waals surface area (Å²) in [6.45, 7) is 0. The van der Waals surface area contributed by atoms with Gasteiger partial charge in [0.25, 0.3) is 0 Å². The van der Waals surface area contributed by atoms with Crippen molar-refractivity contribution in [2.75, 3.05) is 0 Å². The van der Waals surface area contributed by atoms with Crippen molar-refractivity contribution >= 4 is 32.6 Å². The van der Waals surface area contributed by atoms with Gasteiger partial charge in [-0.15, -0.1) is 0 Å². The number of halogens is 4. The minimum Gasteiger partial charge on any atom is -0.375 e. The molecule has 0 spiro atoms. The van der Waals surface area contributed by atoms with E-state index in [-0.39, 0.29) is 16.2 Å². The average Bonchev–Trinajstić information content (AvgIpc) is 2.46. The Morgan fingerprint density at radius 1 is 1.17 bits per heavy atom. The molecule has 1 aliphatic rings. The molecule has 0 saturated carbocycles. The average molecular weight is 366 g/mol. The SMILES string of the molecule is O=S(=O)(Oc1c2c(nc3ccc(Cl)cc13)CCCC2)C(F)(F)F. The Hall–Kier alpha value is -1.54. The molecule has 4 nitrogen and oxygen atoms in total. The molecule has 1 heterocycles. The summed E-state index contributed by atoms with van der Waals surface area (Å²) in [6.07, 6.45) is 2.54. The minimum atomic E-state index is -5.76. The van der Waals surface area contributed by atoms with E-state index in [0.29, 0.717) is 29.6 Å². The number of aromatic nitrogens is 1. The predicted octanol–water partition coefficient (Wildman–Crippen LogP) is 4.00. The lowest BCUT2D eigenvalue weighted by Gasteiger charge is -2.21. The molecule has 1 aliphatic carbocycles. The number of alkyl halides is 3. The summed E-state index contributed by atoms with van der Waals surface area (Å²) in [5.74, 6) is -0.315. The molecular weight excluding hydrogens is 355 g/mol. The van der Waals surface area contributed by atoms with Gasteiger partial charge in [-0.05, 0) is 43.9 Å². The van der Waals surface area contributed by atoms with Gasteiger partial charge in [-0.1, -0.05) is 11.6 Å². The Kier molecular flexibility index (Phi) is 3.92. The van der Waals surface area contributed by atoms with E-state index >= 15 is 0 Å². The van der Waals surface area contributed by atoms with E-state index in [1.54, 1.807) is 0 Å². The molecule has 1 aromatic carbocycles. The third-order valence-corrected chi connectivity index (χ3v) is 4.84. The molecule has 124 valence electrons. The molecule has 0 amide bonds. The number of hydrogen-bond acceptors (Lipinski definition) is 4. The molecule has 23 heavy (non-hydrogen) atoms. The van der Waals surface area contributed by atoms with Crippen LogP contribution in [-0.4, -0.2) is 18.9 Å². The molecule has 0 atom stereocenters. The monoisotopic (exact) mass is 365 g/mol. The van der Waals surface area contributed by atoms with Crippen molar-refractivity contribution in [3.63, 3.8) is 0 Å². The molecule has 2 aromatic rings. The van der Waals surface area contributed by atoms with Crippen molar-refractivity contribution in [2.24, 2.45) is 0 Å². The summed E-state index contributed by atoms with van der Waals surface area (Å²) < 4.78 is 65.4. The van der Waals surface area contributed by atoms with Crippen LogP contribution >= 0.6 is 11.6 Å². The Balaban J connectivity index is 2.26. The molecular formula is C14H11ClF3NO3S. The summed E-state index contributed by atoms with van der Waals surface area (Å²) in [5.41, 5.74) is -4.18. The molecule has 0 radical (unpaired) electrons. The normalized spacial score (nSPS) is 15.5. The van der Waals surface area contributed by atoms with Crippen molar-refractivity contribution < 1.29 is 25.8 Å². The zero-order valence-electron chi connectivity index (χ0n) is 11.7.